The van der Waals surface area contributed by atoms with E-state index in [4.69, 9.17) is 18.9 Å². The third-order valence-electron chi connectivity index (χ3n) is 10.1. The van der Waals surface area contributed by atoms with Crippen molar-refractivity contribution < 1.29 is 33.6 Å². The van der Waals surface area contributed by atoms with E-state index in [2.05, 4.69) is 37.6 Å². The highest BCUT2D eigenvalue weighted by atomic mass is 16.7. The highest BCUT2D eigenvalue weighted by Gasteiger charge is 2.52. The molecule has 3 rings (SSSR count). The van der Waals surface area contributed by atoms with Crippen molar-refractivity contribution in [2.75, 3.05) is 54.5 Å². The van der Waals surface area contributed by atoms with Crippen LogP contribution in [0.4, 0.5) is 0 Å². The van der Waals surface area contributed by atoms with Gasteiger partial charge in [-0.1, -0.05) is 13.8 Å². The zero-order chi connectivity index (χ0) is 31.7. The summed E-state index contributed by atoms with van der Waals surface area (Å²) in [5.41, 5.74) is -2.30. The highest BCUT2D eigenvalue weighted by Crippen LogP contribution is 2.38. The summed E-state index contributed by atoms with van der Waals surface area (Å²) in [5.74, 6) is -1.00. The van der Waals surface area contributed by atoms with E-state index in [0.29, 0.717) is 24.8 Å². The lowest BCUT2D eigenvalue weighted by molar-refractivity contribution is -0.295. The van der Waals surface area contributed by atoms with Crippen molar-refractivity contribution >= 4 is 11.8 Å². The van der Waals surface area contributed by atoms with Crippen LogP contribution in [0, 0.1) is 23.2 Å². The Morgan fingerprint density at radius 1 is 1.07 bits per heavy atom. The van der Waals surface area contributed by atoms with E-state index in [9.17, 15) is 14.7 Å². The first kappa shape index (κ1) is 35.3. The Balaban J connectivity index is 1.96. The topological polar surface area (TPSA) is 101 Å². The molecule has 1 unspecified atom stereocenters. The van der Waals surface area contributed by atoms with E-state index in [1.807, 2.05) is 32.8 Å². The van der Waals surface area contributed by atoms with Gasteiger partial charge in [-0.05, 0) is 81.4 Å². The van der Waals surface area contributed by atoms with Crippen LogP contribution in [0.1, 0.15) is 68.2 Å². The van der Waals surface area contributed by atoms with Crippen molar-refractivity contribution in [2.24, 2.45) is 23.2 Å². The first-order valence-electron chi connectivity index (χ1n) is 15.8. The maximum absolute atomic E-state index is 14.1. The Bertz CT molecular complexity index is 924. The normalized spacial score (nSPS) is 40.3. The SMILES string of the molecule is CO[C@]1(C)C[C@@H](C)CN(C)C(C2CN(C(C)C)C2)COC(=O)C(C)(C)C(=O)[C@H](C)[C@H]1O[C@@H]1O[C@H](C)C[C@H](N(C)C)[C@H]1O. The van der Waals surface area contributed by atoms with Gasteiger partial charge in [-0.2, -0.15) is 0 Å². The van der Waals surface area contributed by atoms with Crippen LogP contribution < -0.4 is 0 Å². The van der Waals surface area contributed by atoms with Crippen LogP contribution in [0.5, 0.6) is 0 Å². The number of carbonyl (C=O) groups is 2. The van der Waals surface area contributed by atoms with Crippen LogP contribution in [0.25, 0.3) is 0 Å². The molecule has 0 aromatic carbocycles. The third kappa shape index (κ3) is 7.56. The molecule has 42 heavy (non-hydrogen) atoms. The smallest absolute Gasteiger partial charge is 0.319 e. The molecule has 0 aromatic heterocycles. The number of ketones is 1. The number of hydrogen-bond donors (Lipinski definition) is 1. The van der Waals surface area contributed by atoms with Gasteiger partial charge < -0.3 is 33.9 Å². The van der Waals surface area contributed by atoms with E-state index in [1.54, 1.807) is 27.9 Å². The Labute approximate surface area is 254 Å². The van der Waals surface area contributed by atoms with Crippen molar-refractivity contribution in [2.45, 2.75) is 117 Å². The highest BCUT2D eigenvalue weighted by molar-refractivity contribution is 6.04. The quantitative estimate of drug-likeness (QED) is 0.363. The molecule has 0 radical (unpaired) electrons. The van der Waals surface area contributed by atoms with Gasteiger partial charge in [0.1, 0.15) is 18.1 Å². The first-order valence-corrected chi connectivity index (χ1v) is 15.8. The zero-order valence-corrected chi connectivity index (χ0v) is 28.3. The summed E-state index contributed by atoms with van der Waals surface area (Å²) >= 11 is 0. The third-order valence-corrected chi connectivity index (χ3v) is 10.1. The number of methoxy groups -OCH3 is 1. The molecule has 0 bridgehead atoms. The molecule has 3 aliphatic rings. The minimum atomic E-state index is -1.40. The fraction of sp³-hybridized carbons (Fsp3) is 0.938. The van der Waals surface area contributed by atoms with E-state index < -0.39 is 41.4 Å². The average molecular weight is 598 g/mol. The van der Waals surface area contributed by atoms with Crippen molar-refractivity contribution in [1.29, 1.82) is 0 Å². The lowest BCUT2D eigenvalue weighted by Gasteiger charge is -2.48. The van der Waals surface area contributed by atoms with Crippen molar-refractivity contribution in [3.8, 4) is 0 Å². The van der Waals surface area contributed by atoms with Crippen LogP contribution in [-0.4, -0.2) is 134 Å². The minimum Gasteiger partial charge on any atom is -0.463 e. The maximum atomic E-state index is 14.1. The molecule has 0 spiro atoms. The number of cyclic esters (lactones) is 1. The average Bonchev–Trinajstić information content (AvgIpc) is 2.87. The molecule has 244 valence electrons. The van der Waals surface area contributed by atoms with Crippen LogP contribution in [-0.2, 0) is 28.5 Å². The number of rotatable bonds is 6. The molecule has 0 aliphatic carbocycles. The number of esters is 1. The lowest BCUT2D eigenvalue weighted by atomic mass is 9.74. The number of aliphatic hydroxyl groups excluding tert-OH is 1. The Morgan fingerprint density at radius 3 is 2.24 bits per heavy atom. The maximum Gasteiger partial charge on any atom is 0.319 e. The van der Waals surface area contributed by atoms with Gasteiger partial charge in [0, 0.05) is 56.7 Å². The van der Waals surface area contributed by atoms with Gasteiger partial charge in [-0.3, -0.25) is 14.5 Å². The van der Waals surface area contributed by atoms with Crippen molar-refractivity contribution in [3.05, 3.63) is 0 Å². The summed E-state index contributed by atoms with van der Waals surface area (Å²) in [7, 11) is 7.59. The van der Waals surface area contributed by atoms with Gasteiger partial charge >= 0.3 is 5.97 Å². The number of aliphatic hydroxyl groups is 1. The molecule has 3 saturated heterocycles. The molecule has 0 saturated carbocycles. The standard InChI is InChI=1S/C32H59N3O7/c1-19(2)35-16-23(17-35)25-18-40-30(38)31(6,7)27(37)22(5)28(32(8,39-12)14-20(3)15-34(25)11)42-29-26(36)24(33(9)10)13-21(4)41-29/h19-26,28-29,36H,13-18H2,1-12H3/t20-,21-,22+,24+,25?,26-,28-,29+,32-/m1/s1. The molecule has 10 heteroatoms. The minimum absolute atomic E-state index is 0.0477. The Morgan fingerprint density at radius 2 is 1.69 bits per heavy atom. The van der Waals surface area contributed by atoms with Gasteiger partial charge in [0.05, 0.1) is 17.8 Å². The summed E-state index contributed by atoms with van der Waals surface area (Å²) in [6, 6.07) is 0.358. The summed E-state index contributed by atoms with van der Waals surface area (Å²) < 4.78 is 24.9. The second-order valence-electron chi connectivity index (χ2n) is 14.6. The van der Waals surface area contributed by atoms with Crippen LogP contribution in [0.3, 0.4) is 0 Å². The number of likely N-dealkylation sites (N-methyl/N-ethyl adjacent to an activating group) is 2. The van der Waals surface area contributed by atoms with Gasteiger partial charge in [0.25, 0.3) is 0 Å². The fourth-order valence-corrected chi connectivity index (χ4v) is 7.27. The molecular weight excluding hydrogens is 538 g/mol. The molecule has 3 heterocycles. The Kier molecular flexibility index (Phi) is 11.7. The molecule has 9 atom stereocenters. The molecule has 0 amide bonds. The second-order valence-corrected chi connectivity index (χ2v) is 14.6. The van der Waals surface area contributed by atoms with Crippen molar-refractivity contribution in [1.82, 2.24) is 14.7 Å². The fourth-order valence-electron chi connectivity index (χ4n) is 7.27. The first-order chi connectivity index (χ1) is 19.4. The Hall–Kier alpha value is -1.14. The van der Waals surface area contributed by atoms with E-state index in [-0.39, 0.29) is 36.5 Å². The predicted molar refractivity (Wildman–Crippen MR) is 162 cm³/mol. The number of likely N-dealkylation sites (tertiary alicyclic amines) is 1. The molecule has 0 aromatic rings. The van der Waals surface area contributed by atoms with Crippen LogP contribution in [0.2, 0.25) is 0 Å². The molecule has 3 aliphatic heterocycles. The molecule has 1 N–H and O–H groups in total. The second kappa shape index (κ2) is 13.9. The summed E-state index contributed by atoms with van der Waals surface area (Å²) in [4.78, 5) is 34.4. The lowest BCUT2D eigenvalue weighted by Crippen LogP contribution is -2.60. The van der Waals surface area contributed by atoms with E-state index >= 15 is 0 Å². The van der Waals surface area contributed by atoms with E-state index in [0.717, 1.165) is 19.6 Å². The number of hydrogen-bond acceptors (Lipinski definition) is 10. The molecule has 10 nitrogen and oxygen atoms in total. The largest absolute Gasteiger partial charge is 0.463 e. The zero-order valence-electron chi connectivity index (χ0n) is 28.3. The van der Waals surface area contributed by atoms with Crippen molar-refractivity contribution in [3.63, 3.8) is 0 Å². The van der Waals surface area contributed by atoms with Crippen LogP contribution in [0.15, 0.2) is 0 Å². The summed E-state index contributed by atoms with van der Waals surface area (Å²) in [6.45, 7) is 18.5. The summed E-state index contributed by atoms with van der Waals surface area (Å²) in [5, 5.41) is 11.3. The van der Waals surface area contributed by atoms with Gasteiger partial charge in [0.15, 0.2) is 12.1 Å². The van der Waals surface area contributed by atoms with Gasteiger partial charge in [0.2, 0.25) is 0 Å². The van der Waals surface area contributed by atoms with E-state index in [1.165, 1.54) is 0 Å². The molecule has 3 fully saturated rings. The van der Waals surface area contributed by atoms with Gasteiger partial charge in [-0.15, -0.1) is 0 Å². The number of ether oxygens (including phenoxy) is 4. The number of nitrogens with zero attached hydrogens (tertiary/aromatic N) is 3. The van der Waals surface area contributed by atoms with Crippen LogP contribution >= 0.6 is 0 Å². The summed E-state index contributed by atoms with van der Waals surface area (Å²) in [6.07, 6.45) is -1.53. The molecular formula is C32H59N3O7. The predicted octanol–water partition coefficient (Wildman–Crippen LogP) is 2.66. The number of carbonyl (C=O) groups excluding carboxylic acids is 2. The number of Topliss-reactive ketones (excluding diaryl/α,β-unsaturated/α-hetero) is 1. The van der Waals surface area contributed by atoms with Gasteiger partial charge in [-0.25, -0.2) is 0 Å². The monoisotopic (exact) mass is 597 g/mol.